The Morgan fingerprint density at radius 2 is 2.25 bits per heavy atom. The number of thioether (sulfide) groups is 1. The molecule has 146 valence electrons. The fourth-order valence-corrected chi connectivity index (χ4v) is 4.71. The normalized spacial score (nSPS) is 18.5. The Labute approximate surface area is 169 Å². The number of pyridine rings is 1. The van der Waals surface area contributed by atoms with Crippen LogP contribution in [-0.2, 0) is 28.9 Å². The first-order valence-electron chi connectivity index (χ1n) is 9.86. The molecule has 2 aliphatic rings. The number of carbonyl (C=O) groups is 1. The molecule has 2 aromatic rings. The van der Waals surface area contributed by atoms with Crippen molar-refractivity contribution in [3.05, 3.63) is 41.2 Å². The summed E-state index contributed by atoms with van der Waals surface area (Å²) >= 11 is 1.39. The van der Waals surface area contributed by atoms with Gasteiger partial charge in [0.15, 0.2) is 0 Å². The second-order valence-electron chi connectivity index (χ2n) is 7.22. The van der Waals surface area contributed by atoms with E-state index in [1.54, 1.807) is 6.20 Å². The molecule has 0 bridgehead atoms. The molecule has 1 amide bonds. The van der Waals surface area contributed by atoms with Crippen LogP contribution in [0.4, 0.5) is 5.82 Å². The number of hydrogen-bond donors (Lipinski definition) is 1. The fraction of sp³-hybridized carbons (Fsp3) is 0.476. The lowest BCUT2D eigenvalue weighted by Crippen LogP contribution is -2.23. The first-order chi connectivity index (χ1) is 13.8. The number of amides is 1. The molecule has 7 heteroatoms. The minimum absolute atomic E-state index is 0.115. The second kappa shape index (κ2) is 8.80. The summed E-state index contributed by atoms with van der Waals surface area (Å²) in [5.74, 6) is 0.796. The van der Waals surface area contributed by atoms with Crippen molar-refractivity contribution >= 4 is 23.5 Å². The van der Waals surface area contributed by atoms with Gasteiger partial charge in [-0.15, -0.1) is 0 Å². The van der Waals surface area contributed by atoms with E-state index in [0.717, 1.165) is 55.7 Å². The molecule has 4 rings (SSSR count). The van der Waals surface area contributed by atoms with E-state index in [0.29, 0.717) is 17.9 Å². The van der Waals surface area contributed by atoms with Gasteiger partial charge in [-0.3, -0.25) is 4.79 Å². The molecule has 28 heavy (non-hydrogen) atoms. The van der Waals surface area contributed by atoms with Crippen LogP contribution in [-0.4, -0.2) is 33.9 Å². The standard InChI is InChI=1S/C21H24N4O2S/c22-12-17-16-7-1-2-8-18(16)25(13-15-6-5-11-27-15)21(17)24-19(26)14-28-20-9-3-4-10-23-20/h3-4,9-10,15H,1-2,5-8,11,13-14H2,(H,24,26)/t15-/m0/s1. The number of nitrogens with one attached hydrogen (secondary N) is 1. The fourth-order valence-electron chi connectivity index (χ4n) is 4.05. The van der Waals surface area contributed by atoms with Gasteiger partial charge in [-0.2, -0.15) is 5.26 Å². The minimum Gasteiger partial charge on any atom is -0.376 e. The van der Waals surface area contributed by atoms with E-state index >= 15 is 0 Å². The first kappa shape index (κ1) is 19.0. The third-order valence-corrected chi connectivity index (χ3v) is 6.29. The lowest BCUT2D eigenvalue weighted by Gasteiger charge is -2.19. The van der Waals surface area contributed by atoms with Crippen LogP contribution in [0.1, 0.15) is 42.5 Å². The zero-order valence-electron chi connectivity index (χ0n) is 15.8. The number of fused-ring (bicyclic) bond motifs is 1. The molecule has 0 saturated carbocycles. The number of anilines is 1. The number of rotatable bonds is 6. The summed E-state index contributed by atoms with van der Waals surface area (Å²) in [5, 5.41) is 13.6. The van der Waals surface area contributed by atoms with E-state index in [-0.39, 0.29) is 17.8 Å². The highest BCUT2D eigenvalue weighted by atomic mass is 32.2. The molecule has 0 unspecified atom stereocenters. The zero-order valence-corrected chi connectivity index (χ0v) is 16.6. The van der Waals surface area contributed by atoms with Crippen LogP contribution in [0.3, 0.4) is 0 Å². The molecule has 1 aliphatic heterocycles. The van der Waals surface area contributed by atoms with Crippen molar-refractivity contribution in [3.8, 4) is 6.07 Å². The van der Waals surface area contributed by atoms with Gasteiger partial charge in [0.1, 0.15) is 11.9 Å². The Morgan fingerprint density at radius 1 is 1.36 bits per heavy atom. The number of ether oxygens (including phenoxy) is 1. The Morgan fingerprint density at radius 3 is 3.00 bits per heavy atom. The maximum atomic E-state index is 12.6. The SMILES string of the molecule is N#Cc1c2c(n(C[C@@H]3CCCO3)c1NC(=O)CSc1ccccn1)CCCC2. The van der Waals surface area contributed by atoms with Crippen LogP contribution in [0.25, 0.3) is 0 Å². The molecular weight excluding hydrogens is 372 g/mol. The summed E-state index contributed by atoms with van der Waals surface area (Å²) in [5.41, 5.74) is 2.94. The molecule has 1 atom stereocenters. The zero-order chi connectivity index (χ0) is 19.3. The predicted octanol–water partition coefficient (Wildman–Crippen LogP) is 3.54. The summed E-state index contributed by atoms with van der Waals surface area (Å²) < 4.78 is 7.97. The number of nitrogens with zero attached hydrogens (tertiary/aromatic N) is 3. The Bertz CT molecular complexity index is 882. The molecule has 1 saturated heterocycles. The van der Waals surface area contributed by atoms with Crippen molar-refractivity contribution in [2.45, 2.75) is 56.2 Å². The second-order valence-corrected chi connectivity index (χ2v) is 8.21. The van der Waals surface area contributed by atoms with Gasteiger partial charge in [-0.25, -0.2) is 4.98 Å². The van der Waals surface area contributed by atoms with Crippen molar-refractivity contribution < 1.29 is 9.53 Å². The van der Waals surface area contributed by atoms with Crippen molar-refractivity contribution in [1.82, 2.24) is 9.55 Å². The van der Waals surface area contributed by atoms with Gasteiger partial charge in [0.25, 0.3) is 0 Å². The van der Waals surface area contributed by atoms with Gasteiger partial charge in [0.2, 0.25) is 5.91 Å². The summed E-state index contributed by atoms with van der Waals surface area (Å²) in [6, 6.07) is 8.00. The van der Waals surface area contributed by atoms with Crippen molar-refractivity contribution in [1.29, 1.82) is 5.26 Å². The molecule has 6 nitrogen and oxygen atoms in total. The summed E-state index contributed by atoms with van der Waals surface area (Å²) in [6.45, 7) is 1.49. The largest absolute Gasteiger partial charge is 0.376 e. The van der Waals surface area contributed by atoms with Crippen molar-refractivity contribution in [2.75, 3.05) is 17.7 Å². The molecule has 2 aromatic heterocycles. The molecule has 3 heterocycles. The quantitative estimate of drug-likeness (QED) is 0.756. The summed E-state index contributed by atoms with van der Waals surface area (Å²) in [4.78, 5) is 16.9. The summed E-state index contributed by atoms with van der Waals surface area (Å²) in [6.07, 6.45) is 8.04. The smallest absolute Gasteiger partial charge is 0.235 e. The van der Waals surface area contributed by atoms with E-state index in [9.17, 15) is 10.1 Å². The Hall–Kier alpha value is -2.30. The lowest BCUT2D eigenvalue weighted by molar-refractivity contribution is -0.113. The predicted molar refractivity (Wildman–Crippen MR) is 108 cm³/mol. The van der Waals surface area contributed by atoms with Crippen molar-refractivity contribution in [3.63, 3.8) is 0 Å². The average molecular weight is 397 g/mol. The van der Waals surface area contributed by atoms with Gasteiger partial charge in [0.05, 0.1) is 29.0 Å². The van der Waals surface area contributed by atoms with Crippen LogP contribution in [0, 0.1) is 11.3 Å². The highest BCUT2D eigenvalue weighted by Crippen LogP contribution is 2.34. The van der Waals surface area contributed by atoms with Crippen LogP contribution < -0.4 is 5.32 Å². The highest BCUT2D eigenvalue weighted by Gasteiger charge is 2.28. The number of hydrogen-bond acceptors (Lipinski definition) is 5. The van der Waals surface area contributed by atoms with Crippen LogP contribution in [0.5, 0.6) is 0 Å². The lowest BCUT2D eigenvalue weighted by atomic mass is 9.95. The van der Waals surface area contributed by atoms with Crippen LogP contribution >= 0.6 is 11.8 Å². The number of carbonyl (C=O) groups excluding carboxylic acids is 1. The first-order valence-corrected chi connectivity index (χ1v) is 10.8. The molecule has 1 aliphatic carbocycles. The monoisotopic (exact) mass is 396 g/mol. The highest BCUT2D eigenvalue weighted by molar-refractivity contribution is 7.99. The molecule has 1 fully saturated rings. The molecule has 0 aromatic carbocycles. The molecular formula is C21H24N4O2S. The van der Waals surface area contributed by atoms with E-state index in [1.165, 1.54) is 17.5 Å². The van der Waals surface area contributed by atoms with Crippen LogP contribution in [0.15, 0.2) is 29.4 Å². The van der Waals surface area contributed by atoms with Crippen molar-refractivity contribution in [2.24, 2.45) is 0 Å². The minimum atomic E-state index is -0.115. The maximum absolute atomic E-state index is 12.6. The molecule has 0 radical (unpaired) electrons. The van der Waals surface area contributed by atoms with Gasteiger partial charge < -0.3 is 14.6 Å². The van der Waals surface area contributed by atoms with Gasteiger partial charge in [-0.1, -0.05) is 17.8 Å². The maximum Gasteiger partial charge on any atom is 0.235 e. The van der Waals surface area contributed by atoms with E-state index in [1.807, 2.05) is 18.2 Å². The third-order valence-electron chi connectivity index (χ3n) is 5.34. The van der Waals surface area contributed by atoms with Crippen LogP contribution in [0.2, 0.25) is 0 Å². The Balaban J connectivity index is 1.56. The van der Waals surface area contributed by atoms with E-state index < -0.39 is 0 Å². The topological polar surface area (TPSA) is 79.9 Å². The number of nitriles is 1. The third kappa shape index (κ3) is 4.08. The summed E-state index contributed by atoms with van der Waals surface area (Å²) in [7, 11) is 0. The Kier molecular flexibility index (Phi) is 5.98. The van der Waals surface area contributed by atoms with E-state index in [2.05, 4.69) is 20.9 Å². The van der Waals surface area contributed by atoms with Gasteiger partial charge >= 0.3 is 0 Å². The number of aromatic nitrogens is 2. The van der Waals surface area contributed by atoms with Gasteiger partial charge in [-0.05, 0) is 56.2 Å². The molecule has 0 spiro atoms. The van der Waals surface area contributed by atoms with E-state index in [4.69, 9.17) is 4.74 Å². The average Bonchev–Trinajstić information content (AvgIpc) is 3.34. The van der Waals surface area contributed by atoms with Gasteiger partial charge in [0, 0.05) is 18.5 Å². The molecule has 1 N–H and O–H groups in total.